The zero-order valence-corrected chi connectivity index (χ0v) is 10.8. The summed E-state index contributed by atoms with van der Waals surface area (Å²) in [6, 6.07) is 4.51. The Hall–Kier alpha value is -2.13. The molecule has 8 nitrogen and oxygen atoms in total. The molecule has 9 heteroatoms. The first-order valence-corrected chi connectivity index (χ1v) is 7.02. The molecule has 0 saturated carbocycles. The summed E-state index contributed by atoms with van der Waals surface area (Å²) < 4.78 is 22.4. The van der Waals surface area contributed by atoms with Gasteiger partial charge in [-0.2, -0.15) is 5.10 Å². The van der Waals surface area contributed by atoms with Crippen molar-refractivity contribution in [1.29, 1.82) is 0 Å². The number of nitrogens with one attached hydrogen (secondary N) is 2. The van der Waals surface area contributed by atoms with Crippen LogP contribution in [-0.4, -0.2) is 30.1 Å². The van der Waals surface area contributed by atoms with Crippen LogP contribution in [0.1, 0.15) is 5.82 Å². The van der Waals surface area contributed by atoms with Crippen LogP contribution in [0.5, 0.6) is 0 Å². The highest BCUT2D eigenvalue weighted by molar-refractivity contribution is 7.89. The number of nitrogens with zero attached hydrogens (tertiary/aromatic N) is 2. The molecule has 0 saturated heterocycles. The molecule has 0 atom stereocenters. The van der Waals surface area contributed by atoms with Crippen molar-refractivity contribution in [3.63, 3.8) is 0 Å². The lowest BCUT2D eigenvalue weighted by molar-refractivity contribution is 0.598. The molecule has 0 aliphatic heterocycles. The van der Waals surface area contributed by atoms with Crippen LogP contribution in [-0.2, 0) is 16.4 Å². The zero-order chi connectivity index (χ0) is 13.9. The number of hydrogen-bond donors (Lipinski definition) is 4. The van der Waals surface area contributed by atoms with Crippen molar-refractivity contribution in [2.24, 2.45) is 5.14 Å². The maximum Gasteiger partial charge on any atom is 0.240 e. The molecule has 0 spiro atoms. The van der Waals surface area contributed by atoms with Gasteiger partial charge in [0.15, 0.2) is 0 Å². The summed E-state index contributed by atoms with van der Waals surface area (Å²) in [5.41, 5.74) is 6.48. The van der Waals surface area contributed by atoms with E-state index in [1.54, 1.807) is 6.07 Å². The van der Waals surface area contributed by atoms with Crippen LogP contribution in [0.25, 0.3) is 0 Å². The topological polar surface area (TPSA) is 140 Å². The van der Waals surface area contributed by atoms with E-state index in [1.807, 2.05) is 0 Å². The second-order valence-corrected chi connectivity index (χ2v) is 5.44. The normalized spacial score (nSPS) is 11.4. The number of rotatable bonds is 5. The Labute approximate surface area is 110 Å². The number of aromatic nitrogens is 3. The Bertz CT molecular complexity index is 653. The highest BCUT2D eigenvalue weighted by Gasteiger charge is 2.12. The summed E-state index contributed by atoms with van der Waals surface area (Å²) in [6.07, 6.45) is 2.10. The summed E-state index contributed by atoms with van der Waals surface area (Å²) in [4.78, 5) is 3.91. The molecule has 1 aromatic heterocycles. The van der Waals surface area contributed by atoms with E-state index in [2.05, 4.69) is 20.5 Å². The minimum atomic E-state index is -3.78. The van der Waals surface area contributed by atoms with Gasteiger partial charge in [-0.15, -0.1) is 0 Å². The van der Waals surface area contributed by atoms with Gasteiger partial charge in [0.1, 0.15) is 17.0 Å². The largest absolute Gasteiger partial charge is 0.398 e. The molecule has 0 aliphatic carbocycles. The molecular weight excluding hydrogens is 268 g/mol. The predicted molar refractivity (Wildman–Crippen MR) is 70.8 cm³/mol. The van der Waals surface area contributed by atoms with Crippen LogP contribution in [0.4, 0.5) is 11.4 Å². The smallest absolute Gasteiger partial charge is 0.240 e. The van der Waals surface area contributed by atoms with Crippen LogP contribution < -0.4 is 16.2 Å². The number of aromatic amines is 1. The number of benzene rings is 1. The number of sulfonamides is 1. The fourth-order valence-corrected chi connectivity index (χ4v) is 2.24. The maximum absolute atomic E-state index is 11.2. The Morgan fingerprint density at radius 2 is 2.16 bits per heavy atom. The van der Waals surface area contributed by atoms with Gasteiger partial charge in [0.05, 0.1) is 5.69 Å². The minimum absolute atomic E-state index is 0.0757. The molecule has 102 valence electrons. The SMILES string of the molecule is Nc1cc(NCCc2ncn[nH]2)ccc1S(N)(=O)=O. The molecule has 1 heterocycles. The number of primary sulfonamides is 1. The van der Waals surface area contributed by atoms with E-state index in [1.165, 1.54) is 18.5 Å². The third-order valence-corrected chi connectivity index (χ3v) is 3.46. The molecule has 0 amide bonds. The quantitative estimate of drug-likeness (QED) is 0.554. The summed E-state index contributed by atoms with van der Waals surface area (Å²) in [5.74, 6) is 0.765. The zero-order valence-electron chi connectivity index (χ0n) is 10.00. The average molecular weight is 282 g/mol. The molecule has 0 bridgehead atoms. The van der Waals surface area contributed by atoms with Crippen molar-refractivity contribution in [3.8, 4) is 0 Å². The van der Waals surface area contributed by atoms with Gasteiger partial charge >= 0.3 is 0 Å². The predicted octanol–water partition coefficient (Wildman–Crippen LogP) is -0.311. The second-order valence-electron chi connectivity index (χ2n) is 3.91. The Balaban J connectivity index is 2.00. The summed E-state index contributed by atoms with van der Waals surface area (Å²) in [6.45, 7) is 0.614. The summed E-state index contributed by atoms with van der Waals surface area (Å²) in [7, 11) is -3.78. The van der Waals surface area contributed by atoms with E-state index in [4.69, 9.17) is 10.9 Å². The third-order valence-electron chi connectivity index (χ3n) is 2.47. The van der Waals surface area contributed by atoms with Crippen molar-refractivity contribution in [2.75, 3.05) is 17.6 Å². The van der Waals surface area contributed by atoms with E-state index in [-0.39, 0.29) is 10.6 Å². The van der Waals surface area contributed by atoms with Crippen molar-refractivity contribution >= 4 is 21.4 Å². The third kappa shape index (κ3) is 3.42. The molecule has 0 radical (unpaired) electrons. The van der Waals surface area contributed by atoms with Gasteiger partial charge in [0.2, 0.25) is 10.0 Å². The van der Waals surface area contributed by atoms with E-state index in [0.717, 1.165) is 5.82 Å². The molecular formula is C10H14N6O2S. The highest BCUT2D eigenvalue weighted by Crippen LogP contribution is 2.21. The first-order valence-electron chi connectivity index (χ1n) is 5.47. The molecule has 0 unspecified atom stereocenters. The fourth-order valence-electron chi connectivity index (χ4n) is 1.59. The summed E-state index contributed by atoms with van der Waals surface area (Å²) in [5, 5.41) is 14.6. The lowest BCUT2D eigenvalue weighted by atomic mass is 10.2. The number of hydrogen-bond acceptors (Lipinski definition) is 6. The van der Waals surface area contributed by atoms with Crippen LogP contribution in [0.2, 0.25) is 0 Å². The van der Waals surface area contributed by atoms with Gasteiger partial charge in [0.25, 0.3) is 0 Å². The van der Waals surface area contributed by atoms with Gasteiger partial charge in [0, 0.05) is 18.7 Å². The van der Waals surface area contributed by atoms with E-state index in [0.29, 0.717) is 18.7 Å². The Kier molecular flexibility index (Phi) is 3.67. The van der Waals surface area contributed by atoms with Crippen molar-refractivity contribution in [1.82, 2.24) is 15.2 Å². The molecule has 0 fully saturated rings. The van der Waals surface area contributed by atoms with Crippen molar-refractivity contribution in [2.45, 2.75) is 11.3 Å². The lowest BCUT2D eigenvalue weighted by Gasteiger charge is -2.08. The van der Waals surface area contributed by atoms with Crippen LogP contribution in [0.3, 0.4) is 0 Å². The first kappa shape index (κ1) is 13.3. The van der Waals surface area contributed by atoms with E-state index >= 15 is 0 Å². The van der Waals surface area contributed by atoms with Crippen LogP contribution in [0.15, 0.2) is 29.4 Å². The minimum Gasteiger partial charge on any atom is -0.398 e. The fraction of sp³-hybridized carbons (Fsp3) is 0.200. The average Bonchev–Trinajstić information content (AvgIpc) is 2.80. The molecule has 2 aromatic rings. The standard InChI is InChI=1S/C10H14N6O2S/c11-8-5-7(1-2-9(8)19(12,17)18)13-4-3-10-14-6-15-16-10/h1-2,5-6,13H,3-4,11H2,(H2,12,17,18)(H,14,15,16). The number of anilines is 2. The van der Waals surface area contributed by atoms with Gasteiger partial charge in [-0.05, 0) is 18.2 Å². The number of nitrogens with two attached hydrogens (primary N) is 2. The van der Waals surface area contributed by atoms with Gasteiger partial charge in [-0.25, -0.2) is 18.5 Å². The Morgan fingerprint density at radius 1 is 1.37 bits per heavy atom. The first-order chi connectivity index (χ1) is 8.97. The van der Waals surface area contributed by atoms with E-state index in [9.17, 15) is 8.42 Å². The van der Waals surface area contributed by atoms with Gasteiger partial charge in [-0.3, -0.25) is 5.10 Å². The second kappa shape index (κ2) is 5.24. The van der Waals surface area contributed by atoms with Crippen LogP contribution >= 0.6 is 0 Å². The Morgan fingerprint density at radius 3 is 2.74 bits per heavy atom. The number of nitrogen functional groups attached to an aromatic ring is 1. The highest BCUT2D eigenvalue weighted by atomic mass is 32.2. The van der Waals surface area contributed by atoms with Crippen molar-refractivity contribution < 1.29 is 8.42 Å². The van der Waals surface area contributed by atoms with E-state index < -0.39 is 10.0 Å². The van der Waals surface area contributed by atoms with Crippen LogP contribution in [0, 0.1) is 0 Å². The lowest BCUT2D eigenvalue weighted by Crippen LogP contribution is -2.14. The monoisotopic (exact) mass is 282 g/mol. The molecule has 2 rings (SSSR count). The molecule has 19 heavy (non-hydrogen) atoms. The van der Waals surface area contributed by atoms with Crippen molar-refractivity contribution in [3.05, 3.63) is 30.4 Å². The van der Waals surface area contributed by atoms with Gasteiger partial charge < -0.3 is 11.1 Å². The van der Waals surface area contributed by atoms with Gasteiger partial charge in [-0.1, -0.05) is 0 Å². The summed E-state index contributed by atoms with van der Waals surface area (Å²) >= 11 is 0. The molecule has 6 N–H and O–H groups in total. The molecule has 0 aliphatic rings. The molecule has 1 aromatic carbocycles. The number of H-pyrrole nitrogens is 1. The maximum atomic E-state index is 11.2.